The standard InChI is InChI=1S/C21H39N/c1-5-9-11-13-15-17-21(16-14-12-10-6-2)20(7-3)18-19-22-8-4/h7,18-19,21H,3,5-6,8-17H2,1-2,4H3/b20-18+,22-19-. The second kappa shape index (κ2) is 16.5. The Labute approximate surface area is 140 Å². The van der Waals surface area contributed by atoms with E-state index in [2.05, 4.69) is 44.5 Å². The van der Waals surface area contributed by atoms with Gasteiger partial charge in [0.25, 0.3) is 0 Å². The van der Waals surface area contributed by atoms with Crippen molar-refractivity contribution in [3.63, 3.8) is 0 Å². The lowest BCUT2D eigenvalue weighted by atomic mass is 9.87. The van der Waals surface area contributed by atoms with Crippen molar-refractivity contribution in [1.29, 1.82) is 0 Å². The van der Waals surface area contributed by atoms with Crippen LogP contribution >= 0.6 is 0 Å². The molecule has 0 aromatic heterocycles. The fraction of sp³-hybridized carbons (Fsp3) is 0.762. The predicted octanol–water partition coefficient (Wildman–Crippen LogP) is 7.14. The molecular weight excluding hydrogens is 266 g/mol. The number of unbranched alkanes of at least 4 members (excludes halogenated alkanes) is 7. The summed E-state index contributed by atoms with van der Waals surface area (Å²) in [6, 6.07) is 0. The number of rotatable bonds is 15. The maximum Gasteiger partial charge on any atom is 0.0360 e. The van der Waals surface area contributed by atoms with E-state index in [0.29, 0.717) is 5.92 Å². The van der Waals surface area contributed by atoms with Crippen molar-refractivity contribution in [2.75, 3.05) is 6.54 Å². The largest absolute Gasteiger partial charge is 0.293 e. The molecule has 0 N–H and O–H groups in total. The summed E-state index contributed by atoms with van der Waals surface area (Å²) in [5, 5.41) is 0. The average Bonchev–Trinajstić information content (AvgIpc) is 2.54. The molecular formula is C21H39N. The van der Waals surface area contributed by atoms with E-state index in [1.54, 1.807) is 0 Å². The molecule has 0 aromatic carbocycles. The maximum absolute atomic E-state index is 4.32. The van der Waals surface area contributed by atoms with E-state index in [0.717, 1.165) is 6.54 Å². The Morgan fingerprint density at radius 2 is 1.41 bits per heavy atom. The summed E-state index contributed by atoms with van der Waals surface area (Å²) in [6.45, 7) is 11.5. The quantitative estimate of drug-likeness (QED) is 0.173. The zero-order valence-corrected chi connectivity index (χ0v) is 15.4. The van der Waals surface area contributed by atoms with Crippen LogP contribution in [0.15, 0.2) is 29.3 Å². The van der Waals surface area contributed by atoms with Gasteiger partial charge in [0.15, 0.2) is 0 Å². The zero-order valence-electron chi connectivity index (χ0n) is 15.4. The molecule has 1 nitrogen and oxygen atoms in total. The van der Waals surface area contributed by atoms with Crippen molar-refractivity contribution < 1.29 is 0 Å². The van der Waals surface area contributed by atoms with Gasteiger partial charge in [-0.05, 0) is 37.3 Å². The minimum atomic E-state index is 0.680. The summed E-state index contributed by atoms with van der Waals surface area (Å²) in [7, 11) is 0. The molecule has 0 radical (unpaired) electrons. The van der Waals surface area contributed by atoms with Crippen LogP contribution in [0.25, 0.3) is 0 Å². The Kier molecular flexibility index (Phi) is 15.9. The second-order valence-corrected chi connectivity index (χ2v) is 6.27. The first kappa shape index (κ1) is 21.1. The molecule has 0 aliphatic heterocycles. The maximum atomic E-state index is 4.32. The Balaban J connectivity index is 4.42. The lowest BCUT2D eigenvalue weighted by Gasteiger charge is -2.18. The molecule has 0 saturated heterocycles. The van der Waals surface area contributed by atoms with Gasteiger partial charge in [0.2, 0.25) is 0 Å². The minimum absolute atomic E-state index is 0.680. The third-order valence-electron chi connectivity index (χ3n) is 4.32. The van der Waals surface area contributed by atoms with Crippen molar-refractivity contribution in [2.45, 2.75) is 91.4 Å². The van der Waals surface area contributed by atoms with Crippen molar-refractivity contribution in [1.82, 2.24) is 0 Å². The van der Waals surface area contributed by atoms with Crippen molar-refractivity contribution >= 4 is 6.21 Å². The molecule has 1 unspecified atom stereocenters. The third kappa shape index (κ3) is 11.8. The van der Waals surface area contributed by atoms with Crippen LogP contribution in [0.5, 0.6) is 0 Å². The molecule has 22 heavy (non-hydrogen) atoms. The van der Waals surface area contributed by atoms with E-state index < -0.39 is 0 Å². The molecule has 0 aliphatic carbocycles. The lowest BCUT2D eigenvalue weighted by molar-refractivity contribution is 0.459. The van der Waals surface area contributed by atoms with Gasteiger partial charge in [-0.25, -0.2) is 0 Å². The Morgan fingerprint density at radius 1 is 0.864 bits per heavy atom. The van der Waals surface area contributed by atoms with Gasteiger partial charge < -0.3 is 0 Å². The van der Waals surface area contributed by atoms with Crippen LogP contribution in [0.3, 0.4) is 0 Å². The van der Waals surface area contributed by atoms with Gasteiger partial charge in [-0.1, -0.05) is 84.3 Å². The molecule has 0 aromatic rings. The summed E-state index contributed by atoms with van der Waals surface area (Å²) >= 11 is 0. The number of hydrogen-bond acceptors (Lipinski definition) is 1. The molecule has 0 aliphatic rings. The van der Waals surface area contributed by atoms with Crippen LogP contribution in [0.4, 0.5) is 0 Å². The zero-order chi connectivity index (χ0) is 16.5. The highest BCUT2D eigenvalue weighted by molar-refractivity contribution is 5.73. The van der Waals surface area contributed by atoms with Crippen LogP contribution in [-0.2, 0) is 0 Å². The summed E-state index contributed by atoms with van der Waals surface area (Å²) < 4.78 is 0. The van der Waals surface area contributed by atoms with Gasteiger partial charge in [0.05, 0.1) is 0 Å². The van der Waals surface area contributed by atoms with Crippen molar-refractivity contribution in [3.05, 3.63) is 24.3 Å². The lowest BCUT2D eigenvalue weighted by Crippen LogP contribution is -2.04. The van der Waals surface area contributed by atoms with Gasteiger partial charge in [0.1, 0.15) is 0 Å². The number of hydrogen-bond donors (Lipinski definition) is 0. The van der Waals surface area contributed by atoms with Gasteiger partial charge in [0, 0.05) is 12.8 Å². The molecule has 1 heteroatoms. The fourth-order valence-electron chi connectivity index (χ4n) is 2.90. The van der Waals surface area contributed by atoms with Crippen molar-refractivity contribution in [3.8, 4) is 0 Å². The monoisotopic (exact) mass is 305 g/mol. The highest BCUT2D eigenvalue weighted by atomic mass is 14.7. The third-order valence-corrected chi connectivity index (χ3v) is 4.32. The summed E-state index contributed by atoms with van der Waals surface area (Å²) in [5.74, 6) is 0.680. The molecule has 0 heterocycles. The normalized spacial score (nSPS) is 13.7. The molecule has 0 fully saturated rings. The molecule has 128 valence electrons. The molecule has 0 rings (SSSR count). The highest BCUT2D eigenvalue weighted by Gasteiger charge is 2.11. The summed E-state index contributed by atoms with van der Waals surface area (Å²) in [4.78, 5) is 4.32. The summed E-state index contributed by atoms with van der Waals surface area (Å²) in [6.07, 6.45) is 21.1. The van der Waals surface area contributed by atoms with E-state index >= 15 is 0 Å². The Morgan fingerprint density at radius 3 is 1.91 bits per heavy atom. The van der Waals surface area contributed by atoms with Crippen LogP contribution in [-0.4, -0.2) is 12.8 Å². The number of aliphatic imine (C=N–C) groups is 1. The number of nitrogens with zero attached hydrogens (tertiary/aromatic N) is 1. The Hall–Kier alpha value is -0.850. The van der Waals surface area contributed by atoms with Gasteiger partial charge in [-0.3, -0.25) is 4.99 Å². The number of allylic oxidation sites excluding steroid dienone is 3. The van der Waals surface area contributed by atoms with Gasteiger partial charge in [-0.2, -0.15) is 0 Å². The molecule has 1 atom stereocenters. The topological polar surface area (TPSA) is 12.4 Å². The minimum Gasteiger partial charge on any atom is -0.293 e. The molecule has 0 spiro atoms. The van der Waals surface area contributed by atoms with E-state index in [4.69, 9.17) is 0 Å². The average molecular weight is 306 g/mol. The van der Waals surface area contributed by atoms with Gasteiger partial charge >= 0.3 is 0 Å². The Bertz CT molecular complexity index is 301. The highest BCUT2D eigenvalue weighted by Crippen LogP contribution is 2.26. The first-order chi connectivity index (χ1) is 10.8. The van der Waals surface area contributed by atoms with Crippen LogP contribution < -0.4 is 0 Å². The van der Waals surface area contributed by atoms with Crippen LogP contribution in [0, 0.1) is 5.92 Å². The fourth-order valence-corrected chi connectivity index (χ4v) is 2.90. The predicted molar refractivity (Wildman–Crippen MR) is 103 cm³/mol. The SMILES string of the molecule is C=C/C(=C\C=N/CC)C(CCCCCC)CCCCCCC. The second-order valence-electron chi connectivity index (χ2n) is 6.27. The van der Waals surface area contributed by atoms with E-state index in [-0.39, 0.29) is 0 Å². The van der Waals surface area contributed by atoms with E-state index in [1.807, 2.05) is 6.21 Å². The van der Waals surface area contributed by atoms with Crippen LogP contribution in [0.2, 0.25) is 0 Å². The molecule has 0 saturated carbocycles. The molecule has 0 amide bonds. The molecule has 0 bridgehead atoms. The van der Waals surface area contributed by atoms with Crippen molar-refractivity contribution in [2.24, 2.45) is 10.9 Å². The first-order valence-corrected chi connectivity index (χ1v) is 9.62. The van der Waals surface area contributed by atoms with Crippen LogP contribution in [0.1, 0.15) is 91.4 Å². The van der Waals surface area contributed by atoms with E-state index in [1.165, 1.54) is 76.2 Å². The van der Waals surface area contributed by atoms with E-state index in [9.17, 15) is 0 Å². The first-order valence-electron chi connectivity index (χ1n) is 9.62. The smallest absolute Gasteiger partial charge is 0.0360 e. The van der Waals surface area contributed by atoms with Gasteiger partial charge in [-0.15, -0.1) is 0 Å². The summed E-state index contributed by atoms with van der Waals surface area (Å²) in [5.41, 5.74) is 1.39.